The highest BCUT2D eigenvalue weighted by Crippen LogP contribution is 2.30. The van der Waals surface area contributed by atoms with Gasteiger partial charge in [-0.3, -0.25) is 4.79 Å². The summed E-state index contributed by atoms with van der Waals surface area (Å²) in [6.45, 7) is 1.89. The average Bonchev–Trinajstić information content (AvgIpc) is 2.40. The monoisotopic (exact) mass is 258 g/mol. The van der Waals surface area contributed by atoms with Gasteiger partial charge in [-0.1, -0.05) is 60.7 Å². The Hall–Kier alpha value is -1.60. The van der Waals surface area contributed by atoms with Crippen molar-refractivity contribution in [2.75, 3.05) is 0 Å². The van der Waals surface area contributed by atoms with Gasteiger partial charge >= 0.3 is 0 Å². The molecule has 1 nitrogen and oxygen atoms in total. The highest BCUT2D eigenvalue weighted by atomic mass is 35.5. The second-order valence-electron chi connectivity index (χ2n) is 4.63. The first-order valence-electron chi connectivity index (χ1n) is 5.92. The normalized spacial score (nSPS) is 13.9. The fourth-order valence-corrected chi connectivity index (χ4v) is 2.27. The van der Waals surface area contributed by atoms with Gasteiger partial charge in [0.15, 0.2) is 0 Å². The quantitative estimate of drug-likeness (QED) is 0.759. The summed E-state index contributed by atoms with van der Waals surface area (Å²) in [5.74, 6) is 0. The van der Waals surface area contributed by atoms with Crippen LogP contribution in [0.2, 0.25) is 0 Å². The summed E-state index contributed by atoms with van der Waals surface area (Å²) in [5, 5.41) is -0.322. The lowest BCUT2D eigenvalue weighted by Gasteiger charge is -2.26. The number of benzene rings is 2. The average molecular weight is 259 g/mol. The molecule has 0 amide bonds. The third-order valence-corrected chi connectivity index (χ3v) is 3.66. The number of hydrogen-bond acceptors (Lipinski definition) is 1. The van der Waals surface area contributed by atoms with Crippen molar-refractivity contribution in [2.24, 2.45) is 0 Å². The molecular formula is C16H15ClO. The fraction of sp³-hybridized carbons (Fsp3) is 0.188. The van der Waals surface area contributed by atoms with E-state index in [1.165, 1.54) is 0 Å². The molecule has 0 fully saturated rings. The molecular weight excluding hydrogens is 244 g/mol. The molecule has 1 unspecified atom stereocenters. The van der Waals surface area contributed by atoms with Gasteiger partial charge in [0, 0.05) is 0 Å². The van der Waals surface area contributed by atoms with Crippen LogP contribution in [0.4, 0.5) is 0 Å². The van der Waals surface area contributed by atoms with Crippen LogP contribution < -0.4 is 0 Å². The molecule has 0 aliphatic heterocycles. The zero-order chi connectivity index (χ0) is 13.0. The van der Waals surface area contributed by atoms with E-state index in [2.05, 4.69) is 0 Å². The van der Waals surface area contributed by atoms with Crippen molar-refractivity contribution >= 4 is 16.8 Å². The van der Waals surface area contributed by atoms with Gasteiger partial charge in [-0.05, 0) is 36.1 Å². The lowest BCUT2D eigenvalue weighted by Crippen LogP contribution is -2.31. The molecule has 1 atom stereocenters. The first kappa shape index (κ1) is 12.8. The molecule has 0 spiro atoms. The van der Waals surface area contributed by atoms with Crippen LogP contribution in [-0.4, -0.2) is 5.24 Å². The van der Waals surface area contributed by atoms with E-state index < -0.39 is 5.41 Å². The Bertz CT molecular complexity index is 521. The number of carbonyl (C=O) groups is 1. The molecule has 2 aromatic carbocycles. The minimum atomic E-state index is -0.676. The molecule has 18 heavy (non-hydrogen) atoms. The summed E-state index contributed by atoms with van der Waals surface area (Å²) >= 11 is 5.83. The molecule has 0 saturated heterocycles. The van der Waals surface area contributed by atoms with Crippen LogP contribution in [0.3, 0.4) is 0 Å². The molecule has 2 aromatic rings. The summed E-state index contributed by atoms with van der Waals surface area (Å²) in [6, 6.07) is 19.6. The van der Waals surface area contributed by atoms with Crippen LogP contribution >= 0.6 is 11.6 Å². The fourth-order valence-electron chi connectivity index (χ4n) is 2.10. The van der Waals surface area contributed by atoms with E-state index in [1.807, 2.05) is 67.6 Å². The van der Waals surface area contributed by atoms with Crippen LogP contribution in [0.25, 0.3) is 0 Å². The summed E-state index contributed by atoms with van der Waals surface area (Å²) in [6.07, 6.45) is 0.611. The van der Waals surface area contributed by atoms with Gasteiger partial charge in [0.1, 0.15) is 0 Å². The van der Waals surface area contributed by atoms with Gasteiger partial charge in [0.25, 0.3) is 0 Å². The minimum absolute atomic E-state index is 0.322. The van der Waals surface area contributed by atoms with Crippen LogP contribution in [0.15, 0.2) is 60.7 Å². The van der Waals surface area contributed by atoms with Crippen LogP contribution in [0, 0.1) is 0 Å². The molecule has 0 aromatic heterocycles. The molecule has 2 rings (SSSR count). The maximum absolute atomic E-state index is 11.8. The molecule has 92 valence electrons. The molecule has 0 aliphatic carbocycles. The van der Waals surface area contributed by atoms with E-state index in [-0.39, 0.29) is 5.24 Å². The predicted molar refractivity (Wildman–Crippen MR) is 74.8 cm³/mol. The molecule has 0 aliphatic rings. The highest BCUT2D eigenvalue weighted by molar-refractivity contribution is 6.65. The maximum atomic E-state index is 11.8. The SMILES string of the molecule is CC(Cc1ccccc1)(C(=O)Cl)c1ccccc1. The summed E-state index contributed by atoms with van der Waals surface area (Å²) in [4.78, 5) is 11.8. The van der Waals surface area contributed by atoms with Crippen molar-refractivity contribution in [2.45, 2.75) is 18.8 Å². The number of rotatable bonds is 4. The topological polar surface area (TPSA) is 17.1 Å². The standard InChI is InChI=1S/C16H15ClO/c1-16(15(17)18,14-10-6-3-7-11-14)12-13-8-4-2-5-9-13/h2-11H,12H2,1H3. The first-order chi connectivity index (χ1) is 8.63. The molecule has 0 bridgehead atoms. The third-order valence-electron chi connectivity index (χ3n) is 3.25. The predicted octanol–water partition coefficient (Wildman–Crippen LogP) is 3.95. The Balaban J connectivity index is 2.37. The summed E-state index contributed by atoms with van der Waals surface area (Å²) in [7, 11) is 0. The minimum Gasteiger partial charge on any atom is -0.280 e. The summed E-state index contributed by atoms with van der Waals surface area (Å²) < 4.78 is 0. The Morgan fingerprint density at radius 2 is 1.50 bits per heavy atom. The lowest BCUT2D eigenvalue weighted by atomic mass is 9.78. The highest BCUT2D eigenvalue weighted by Gasteiger charge is 2.33. The van der Waals surface area contributed by atoms with E-state index in [1.54, 1.807) is 0 Å². The van der Waals surface area contributed by atoms with E-state index in [4.69, 9.17) is 11.6 Å². The second-order valence-corrected chi connectivity index (χ2v) is 4.98. The molecule has 0 N–H and O–H groups in total. The van der Waals surface area contributed by atoms with Crippen LogP contribution in [-0.2, 0) is 16.6 Å². The van der Waals surface area contributed by atoms with Gasteiger partial charge in [0.2, 0.25) is 5.24 Å². The smallest absolute Gasteiger partial charge is 0.232 e. The van der Waals surface area contributed by atoms with Gasteiger partial charge < -0.3 is 0 Å². The molecule has 0 saturated carbocycles. The zero-order valence-electron chi connectivity index (χ0n) is 10.3. The lowest BCUT2D eigenvalue weighted by molar-refractivity contribution is -0.116. The third kappa shape index (κ3) is 2.62. The number of halogens is 1. The van der Waals surface area contributed by atoms with Crippen molar-refractivity contribution in [3.8, 4) is 0 Å². The van der Waals surface area contributed by atoms with Gasteiger partial charge in [-0.15, -0.1) is 0 Å². The van der Waals surface area contributed by atoms with Crippen molar-refractivity contribution in [3.05, 3.63) is 71.8 Å². The van der Waals surface area contributed by atoms with Gasteiger partial charge in [-0.25, -0.2) is 0 Å². The maximum Gasteiger partial charge on any atom is 0.232 e. The Kier molecular flexibility index (Phi) is 3.83. The van der Waals surface area contributed by atoms with E-state index >= 15 is 0 Å². The molecule has 0 heterocycles. The Morgan fingerprint density at radius 3 is 2.00 bits per heavy atom. The Morgan fingerprint density at radius 1 is 1.00 bits per heavy atom. The van der Waals surface area contributed by atoms with E-state index in [0.29, 0.717) is 6.42 Å². The van der Waals surface area contributed by atoms with Crippen molar-refractivity contribution in [3.63, 3.8) is 0 Å². The van der Waals surface area contributed by atoms with Crippen LogP contribution in [0.5, 0.6) is 0 Å². The van der Waals surface area contributed by atoms with E-state index in [9.17, 15) is 4.79 Å². The van der Waals surface area contributed by atoms with Crippen molar-refractivity contribution < 1.29 is 4.79 Å². The van der Waals surface area contributed by atoms with E-state index in [0.717, 1.165) is 11.1 Å². The largest absolute Gasteiger partial charge is 0.280 e. The zero-order valence-corrected chi connectivity index (χ0v) is 11.0. The van der Waals surface area contributed by atoms with Crippen molar-refractivity contribution in [1.82, 2.24) is 0 Å². The molecule has 0 radical (unpaired) electrons. The first-order valence-corrected chi connectivity index (χ1v) is 6.30. The molecule has 2 heteroatoms. The van der Waals surface area contributed by atoms with Crippen molar-refractivity contribution in [1.29, 1.82) is 0 Å². The van der Waals surface area contributed by atoms with Gasteiger partial charge in [-0.2, -0.15) is 0 Å². The van der Waals surface area contributed by atoms with Crippen LogP contribution in [0.1, 0.15) is 18.1 Å². The summed E-state index contributed by atoms with van der Waals surface area (Å²) in [5.41, 5.74) is 1.39. The number of carbonyl (C=O) groups excluding carboxylic acids is 1. The Labute approximate surface area is 112 Å². The second kappa shape index (κ2) is 5.36. The number of hydrogen-bond donors (Lipinski definition) is 0. The van der Waals surface area contributed by atoms with Gasteiger partial charge in [0.05, 0.1) is 5.41 Å².